The van der Waals surface area contributed by atoms with Crippen LogP contribution in [0, 0.1) is 6.92 Å². The second-order valence-corrected chi connectivity index (χ2v) is 3.54. The van der Waals surface area contributed by atoms with Gasteiger partial charge >= 0.3 is 0 Å². The monoisotopic (exact) mass is 234 g/mol. The van der Waals surface area contributed by atoms with Crippen LogP contribution in [0.5, 0.6) is 5.88 Å². The number of hydrogen-bond donors (Lipinski definition) is 3. The fourth-order valence-electron chi connectivity index (χ4n) is 1.36. The molecule has 2 aromatic heterocycles. The van der Waals surface area contributed by atoms with E-state index in [0.717, 1.165) is 11.3 Å². The minimum atomic E-state index is 0.502. The van der Waals surface area contributed by atoms with Gasteiger partial charge in [0.15, 0.2) is 0 Å². The topological polar surface area (TPSA) is 102 Å². The molecule has 7 heteroatoms. The van der Waals surface area contributed by atoms with Gasteiger partial charge in [0, 0.05) is 23.9 Å². The number of aryl methyl sites for hydroxylation is 1. The van der Waals surface area contributed by atoms with Crippen molar-refractivity contribution in [2.75, 3.05) is 18.2 Å². The molecule has 0 aromatic carbocycles. The van der Waals surface area contributed by atoms with Crippen LogP contribution in [-0.2, 0) is 6.54 Å². The number of anilines is 2. The number of rotatable bonds is 4. The van der Waals surface area contributed by atoms with E-state index in [-0.39, 0.29) is 0 Å². The second-order valence-electron chi connectivity index (χ2n) is 3.54. The maximum absolute atomic E-state index is 5.67. The lowest BCUT2D eigenvalue weighted by molar-refractivity contribution is 0.397. The van der Waals surface area contributed by atoms with E-state index in [0.29, 0.717) is 24.2 Å². The van der Waals surface area contributed by atoms with Gasteiger partial charge in [-0.1, -0.05) is 0 Å². The van der Waals surface area contributed by atoms with Crippen molar-refractivity contribution in [1.82, 2.24) is 20.2 Å². The van der Waals surface area contributed by atoms with Gasteiger partial charge in [0.25, 0.3) is 0 Å². The van der Waals surface area contributed by atoms with Crippen LogP contribution in [0.3, 0.4) is 0 Å². The number of ether oxygens (including phenoxy) is 1. The molecule has 2 rings (SSSR count). The highest BCUT2D eigenvalue weighted by Gasteiger charge is 2.04. The van der Waals surface area contributed by atoms with E-state index in [1.807, 2.05) is 6.92 Å². The number of nitrogen functional groups attached to an aromatic ring is 1. The molecule has 0 radical (unpaired) electrons. The van der Waals surface area contributed by atoms with E-state index < -0.39 is 0 Å². The van der Waals surface area contributed by atoms with E-state index in [1.165, 1.54) is 0 Å². The van der Waals surface area contributed by atoms with Crippen molar-refractivity contribution in [3.63, 3.8) is 0 Å². The summed E-state index contributed by atoms with van der Waals surface area (Å²) in [6, 6.07) is 1.76. The van der Waals surface area contributed by atoms with Crippen LogP contribution in [0.2, 0.25) is 0 Å². The van der Waals surface area contributed by atoms with Crippen molar-refractivity contribution in [3.8, 4) is 5.88 Å². The lowest BCUT2D eigenvalue weighted by Crippen LogP contribution is -2.06. The zero-order valence-corrected chi connectivity index (χ0v) is 9.69. The third kappa shape index (κ3) is 2.63. The van der Waals surface area contributed by atoms with Crippen LogP contribution in [0.15, 0.2) is 12.3 Å². The van der Waals surface area contributed by atoms with Crippen molar-refractivity contribution in [1.29, 1.82) is 0 Å². The van der Waals surface area contributed by atoms with Crippen LogP contribution in [0.25, 0.3) is 0 Å². The van der Waals surface area contributed by atoms with E-state index in [4.69, 9.17) is 10.5 Å². The van der Waals surface area contributed by atoms with Gasteiger partial charge in [0.05, 0.1) is 13.3 Å². The summed E-state index contributed by atoms with van der Waals surface area (Å²) < 4.78 is 5.06. The third-order valence-corrected chi connectivity index (χ3v) is 2.23. The molecule has 0 aliphatic rings. The average molecular weight is 234 g/mol. The zero-order chi connectivity index (χ0) is 12.3. The standard InChI is InChI=1S/C10H14N6O/c1-6-3-8(17-2)15-10(14-6)12-4-7-5-13-16-9(7)11/h3,5H,4H2,1-2H3,(H3,11,13,16)(H,12,14,15). The molecule has 0 aliphatic carbocycles. The highest BCUT2D eigenvalue weighted by molar-refractivity contribution is 5.40. The van der Waals surface area contributed by atoms with Crippen LogP contribution >= 0.6 is 0 Å². The minimum Gasteiger partial charge on any atom is -0.481 e. The van der Waals surface area contributed by atoms with E-state index in [9.17, 15) is 0 Å². The Kier molecular flexibility index (Phi) is 3.08. The lowest BCUT2D eigenvalue weighted by atomic mass is 10.3. The number of methoxy groups -OCH3 is 1. The summed E-state index contributed by atoms with van der Waals surface area (Å²) in [4.78, 5) is 8.40. The number of nitrogens with one attached hydrogen (secondary N) is 2. The summed E-state index contributed by atoms with van der Waals surface area (Å²) in [5.74, 6) is 1.57. The molecule has 2 aromatic rings. The summed E-state index contributed by atoms with van der Waals surface area (Å²) in [7, 11) is 1.57. The Morgan fingerprint density at radius 3 is 2.94 bits per heavy atom. The molecule has 0 spiro atoms. The normalized spacial score (nSPS) is 10.2. The van der Waals surface area contributed by atoms with Crippen molar-refractivity contribution < 1.29 is 4.74 Å². The summed E-state index contributed by atoms with van der Waals surface area (Å²) in [5, 5.41) is 9.55. The number of aromatic amines is 1. The van der Waals surface area contributed by atoms with E-state index in [2.05, 4.69) is 25.5 Å². The molecule has 0 saturated carbocycles. The first-order valence-corrected chi connectivity index (χ1v) is 5.10. The van der Waals surface area contributed by atoms with Crippen LogP contribution in [0.4, 0.5) is 11.8 Å². The maximum atomic E-state index is 5.67. The Morgan fingerprint density at radius 1 is 1.47 bits per heavy atom. The number of nitrogens with zero attached hydrogens (tertiary/aromatic N) is 3. The summed E-state index contributed by atoms with van der Waals surface area (Å²) in [5.41, 5.74) is 7.37. The first-order valence-electron chi connectivity index (χ1n) is 5.10. The molecule has 0 unspecified atom stereocenters. The van der Waals surface area contributed by atoms with Gasteiger partial charge in [-0.05, 0) is 6.92 Å². The smallest absolute Gasteiger partial charge is 0.226 e. The quantitative estimate of drug-likeness (QED) is 0.720. The first kappa shape index (κ1) is 11.2. The van der Waals surface area contributed by atoms with Crippen LogP contribution in [-0.4, -0.2) is 27.3 Å². The molecular weight excluding hydrogens is 220 g/mol. The fourth-order valence-corrected chi connectivity index (χ4v) is 1.36. The molecule has 7 nitrogen and oxygen atoms in total. The van der Waals surface area contributed by atoms with E-state index in [1.54, 1.807) is 19.4 Å². The SMILES string of the molecule is COc1cc(C)nc(NCc2cn[nH]c2N)n1. The van der Waals surface area contributed by atoms with Crippen LogP contribution in [0.1, 0.15) is 11.3 Å². The Morgan fingerprint density at radius 2 is 2.29 bits per heavy atom. The molecule has 0 atom stereocenters. The van der Waals surface area contributed by atoms with Gasteiger partial charge < -0.3 is 15.8 Å². The number of hydrogen-bond acceptors (Lipinski definition) is 6. The molecule has 90 valence electrons. The van der Waals surface area contributed by atoms with Gasteiger partial charge in [-0.3, -0.25) is 5.10 Å². The molecule has 0 fully saturated rings. The van der Waals surface area contributed by atoms with Gasteiger partial charge in [-0.25, -0.2) is 4.98 Å². The summed E-state index contributed by atoms with van der Waals surface area (Å²) in [6.45, 7) is 2.39. The zero-order valence-electron chi connectivity index (χ0n) is 9.69. The van der Waals surface area contributed by atoms with Gasteiger partial charge in [0.2, 0.25) is 11.8 Å². The van der Waals surface area contributed by atoms with Gasteiger partial charge in [0.1, 0.15) is 5.82 Å². The van der Waals surface area contributed by atoms with Crippen molar-refractivity contribution in [2.24, 2.45) is 0 Å². The number of aromatic nitrogens is 4. The Hall–Kier alpha value is -2.31. The predicted octanol–water partition coefficient (Wildman–Crippen LogP) is 0.711. The highest BCUT2D eigenvalue weighted by atomic mass is 16.5. The summed E-state index contributed by atoms with van der Waals surface area (Å²) >= 11 is 0. The molecular formula is C10H14N6O. The minimum absolute atomic E-state index is 0.502. The Bertz CT molecular complexity index is 509. The van der Waals surface area contributed by atoms with Crippen molar-refractivity contribution in [2.45, 2.75) is 13.5 Å². The molecule has 0 aliphatic heterocycles. The summed E-state index contributed by atoms with van der Waals surface area (Å²) in [6.07, 6.45) is 1.66. The molecule has 0 saturated heterocycles. The second kappa shape index (κ2) is 4.69. The molecule has 2 heterocycles. The molecule has 17 heavy (non-hydrogen) atoms. The van der Waals surface area contributed by atoms with Gasteiger partial charge in [-0.2, -0.15) is 10.1 Å². The lowest BCUT2D eigenvalue weighted by Gasteiger charge is -2.06. The fraction of sp³-hybridized carbons (Fsp3) is 0.300. The Labute approximate surface area is 98.4 Å². The van der Waals surface area contributed by atoms with Gasteiger partial charge in [-0.15, -0.1) is 0 Å². The molecule has 0 amide bonds. The van der Waals surface area contributed by atoms with Crippen LogP contribution < -0.4 is 15.8 Å². The number of nitrogens with two attached hydrogens (primary N) is 1. The van der Waals surface area contributed by atoms with Crippen molar-refractivity contribution >= 4 is 11.8 Å². The number of H-pyrrole nitrogens is 1. The predicted molar refractivity (Wildman–Crippen MR) is 63.6 cm³/mol. The van der Waals surface area contributed by atoms with E-state index >= 15 is 0 Å². The van der Waals surface area contributed by atoms with Crippen molar-refractivity contribution in [3.05, 3.63) is 23.5 Å². The molecule has 0 bridgehead atoms. The average Bonchev–Trinajstić information content (AvgIpc) is 2.71. The highest BCUT2D eigenvalue weighted by Crippen LogP contribution is 2.13. The Balaban J connectivity index is 2.09. The first-order chi connectivity index (χ1) is 8.19. The third-order valence-electron chi connectivity index (χ3n) is 2.23. The molecule has 4 N–H and O–H groups in total. The maximum Gasteiger partial charge on any atom is 0.226 e. The largest absolute Gasteiger partial charge is 0.481 e.